The number of hydrogen-bond donors (Lipinski definition) is 0. The molecular weight excluding hydrogens is 808 g/mol. The fraction of sp³-hybridized carbons (Fsp3) is 0. The van der Waals surface area contributed by atoms with E-state index < -0.39 is 0 Å². The van der Waals surface area contributed by atoms with Crippen LogP contribution in [0, 0.1) is 0 Å². The zero-order valence-electron chi connectivity index (χ0n) is 36.3. The third-order valence-corrected chi connectivity index (χ3v) is 15.4. The van der Waals surface area contributed by atoms with E-state index in [2.05, 4.69) is 234 Å². The molecule has 0 saturated heterocycles. The highest BCUT2D eigenvalue weighted by Crippen LogP contribution is 2.50. The molecular formula is C64H37BN2. The third-order valence-electron chi connectivity index (χ3n) is 15.4. The van der Waals surface area contributed by atoms with Crippen LogP contribution in [0.15, 0.2) is 224 Å². The second-order valence-electron chi connectivity index (χ2n) is 18.8. The Morgan fingerprint density at radius 1 is 0.239 bits per heavy atom. The summed E-state index contributed by atoms with van der Waals surface area (Å²) in [6.45, 7) is -0.0823. The number of para-hydroxylation sites is 2. The van der Waals surface area contributed by atoms with Crippen LogP contribution in [0.2, 0.25) is 0 Å². The minimum absolute atomic E-state index is 0.0823. The van der Waals surface area contributed by atoms with Gasteiger partial charge >= 0.3 is 0 Å². The molecule has 0 fully saturated rings. The van der Waals surface area contributed by atoms with E-state index in [4.69, 9.17) is 0 Å². The van der Waals surface area contributed by atoms with Crippen LogP contribution >= 0.6 is 0 Å². The topological polar surface area (TPSA) is 6.48 Å². The highest BCUT2D eigenvalue weighted by Gasteiger charge is 2.46. The number of anilines is 6. The van der Waals surface area contributed by atoms with Crippen LogP contribution in [0.4, 0.5) is 34.1 Å². The van der Waals surface area contributed by atoms with Gasteiger partial charge in [0.15, 0.2) is 0 Å². The number of benzene rings is 14. The molecule has 14 aromatic rings. The lowest BCUT2D eigenvalue weighted by Crippen LogP contribution is -2.61. The third kappa shape index (κ3) is 4.80. The van der Waals surface area contributed by atoms with Crippen LogP contribution in [0.25, 0.3) is 97.3 Å². The molecule has 2 aliphatic heterocycles. The number of rotatable bonds is 3. The summed E-state index contributed by atoms with van der Waals surface area (Å²) in [6.07, 6.45) is 0. The molecule has 0 saturated carbocycles. The minimum Gasteiger partial charge on any atom is -0.311 e. The van der Waals surface area contributed by atoms with Crippen molar-refractivity contribution in [3.8, 4) is 11.1 Å². The molecule has 3 heteroatoms. The van der Waals surface area contributed by atoms with Crippen molar-refractivity contribution in [3.63, 3.8) is 0 Å². The van der Waals surface area contributed by atoms with Crippen molar-refractivity contribution in [2.24, 2.45) is 0 Å². The van der Waals surface area contributed by atoms with Crippen LogP contribution in [0.5, 0.6) is 0 Å². The molecule has 0 atom stereocenters. The van der Waals surface area contributed by atoms with Gasteiger partial charge in [-0.05, 0) is 180 Å². The minimum atomic E-state index is -0.0823. The first-order chi connectivity index (χ1) is 33.2. The van der Waals surface area contributed by atoms with E-state index in [1.807, 2.05) is 0 Å². The summed E-state index contributed by atoms with van der Waals surface area (Å²) < 4.78 is 0. The van der Waals surface area contributed by atoms with E-state index in [0.717, 1.165) is 11.4 Å². The molecule has 2 aliphatic rings. The Morgan fingerprint density at radius 3 is 1.16 bits per heavy atom. The van der Waals surface area contributed by atoms with Crippen molar-refractivity contribution in [2.45, 2.75) is 0 Å². The Morgan fingerprint density at radius 2 is 0.642 bits per heavy atom. The highest BCUT2D eigenvalue weighted by atomic mass is 15.2. The average Bonchev–Trinajstić information content (AvgIpc) is 3.38. The molecule has 2 heterocycles. The molecule has 306 valence electrons. The first-order valence-electron chi connectivity index (χ1n) is 23.4. The van der Waals surface area contributed by atoms with Crippen molar-refractivity contribution in [2.75, 3.05) is 9.80 Å². The van der Waals surface area contributed by atoms with E-state index in [-0.39, 0.29) is 6.71 Å². The molecule has 0 N–H and O–H groups in total. The Hall–Kier alpha value is -8.66. The van der Waals surface area contributed by atoms with E-state index in [0.29, 0.717) is 0 Å². The van der Waals surface area contributed by atoms with Crippen molar-refractivity contribution in [1.82, 2.24) is 0 Å². The normalized spacial score (nSPS) is 13.3. The molecule has 0 amide bonds. The number of nitrogens with zero attached hydrogens (tertiary/aromatic N) is 2. The lowest BCUT2D eigenvalue weighted by Gasteiger charge is -2.45. The molecule has 0 radical (unpaired) electrons. The summed E-state index contributed by atoms with van der Waals surface area (Å²) >= 11 is 0. The summed E-state index contributed by atoms with van der Waals surface area (Å²) in [5.41, 5.74) is 13.6. The molecule has 0 bridgehead atoms. The maximum Gasteiger partial charge on any atom is 0.253 e. The monoisotopic (exact) mass is 844 g/mol. The Kier molecular flexibility index (Phi) is 6.92. The summed E-state index contributed by atoms with van der Waals surface area (Å²) in [4.78, 5) is 5.17. The first-order valence-corrected chi connectivity index (χ1v) is 23.4. The highest BCUT2D eigenvalue weighted by molar-refractivity contribution is 7.03. The predicted molar refractivity (Wildman–Crippen MR) is 288 cm³/mol. The second kappa shape index (κ2) is 13.0. The standard InChI is InChI=1S/C64H37BN2/c1-3-17-50(18-4-1)66-54-34-46-25-21-38-13-9-15-40-27-29-52(60(46)58(38)40)62(54)65-63-53-30-28-41-16-10-14-39-22-26-47(61(53)59(39)41)35-55(63)67(51-19-5-2-6-20-51)57-37-49(36-56(66)64(57)65)45-24-23-44-31-42-11-7-8-12-43(42)32-48(44)33-45/h1-37H. The van der Waals surface area contributed by atoms with Gasteiger partial charge in [0.2, 0.25) is 0 Å². The van der Waals surface area contributed by atoms with Crippen LogP contribution in [-0.2, 0) is 0 Å². The lowest BCUT2D eigenvalue weighted by molar-refractivity contribution is 1.26. The van der Waals surface area contributed by atoms with E-state index in [9.17, 15) is 0 Å². The van der Waals surface area contributed by atoms with Crippen molar-refractivity contribution in [3.05, 3.63) is 224 Å². The molecule has 2 nitrogen and oxygen atoms in total. The lowest BCUT2D eigenvalue weighted by atomic mass is 9.32. The van der Waals surface area contributed by atoms with Crippen molar-refractivity contribution >= 4 is 143 Å². The van der Waals surface area contributed by atoms with Crippen LogP contribution in [0.3, 0.4) is 0 Å². The van der Waals surface area contributed by atoms with Crippen LogP contribution in [0.1, 0.15) is 0 Å². The molecule has 67 heavy (non-hydrogen) atoms. The largest absolute Gasteiger partial charge is 0.311 e. The predicted octanol–water partition coefficient (Wildman–Crippen LogP) is 15.5. The zero-order valence-corrected chi connectivity index (χ0v) is 36.3. The summed E-state index contributed by atoms with van der Waals surface area (Å²) in [5, 5.41) is 20.6. The molecule has 16 rings (SSSR count). The Balaban J connectivity index is 1.10. The summed E-state index contributed by atoms with van der Waals surface area (Å²) in [6, 6.07) is 85.0. The number of fused-ring (bicyclic) bond motifs is 8. The second-order valence-corrected chi connectivity index (χ2v) is 18.8. The quantitative estimate of drug-likeness (QED) is 0.0993. The van der Waals surface area contributed by atoms with Crippen molar-refractivity contribution in [1.29, 1.82) is 0 Å². The zero-order chi connectivity index (χ0) is 43.5. The van der Waals surface area contributed by atoms with Gasteiger partial charge in [0.05, 0.1) is 0 Å². The maximum atomic E-state index is 2.58. The Labute approximate surface area is 386 Å². The van der Waals surface area contributed by atoms with Crippen LogP contribution < -0.4 is 26.2 Å². The molecule has 14 aromatic carbocycles. The van der Waals surface area contributed by atoms with Gasteiger partial charge in [0.1, 0.15) is 0 Å². The van der Waals surface area contributed by atoms with Crippen molar-refractivity contribution < 1.29 is 0 Å². The van der Waals surface area contributed by atoms with Gasteiger partial charge in [-0.3, -0.25) is 0 Å². The van der Waals surface area contributed by atoms with Gasteiger partial charge in [0.25, 0.3) is 6.71 Å². The van der Waals surface area contributed by atoms with E-state index in [1.54, 1.807) is 0 Å². The average molecular weight is 845 g/mol. The fourth-order valence-corrected chi connectivity index (χ4v) is 12.6. The van der Waals surface area contributed by atoms with Gasteiger partial charge in [-0.15, -0.1) is 0 Å². The first kappa shape index (κ1) is 35.7. The summed E-state index contributed by atoms with van der Waals surface area (Å²) in [7, 11) is 0. The maximum absolute atomic E-state index is 2.58. The van der Waals surface area contributed by atoms with Gasteiger partial charge in [-0.25, -0.2) is 0 Å². The molecule has 0 unspecified atom stereocenters. The van der Waals surface area contributed by atoms with Crippen LogP contribution in [-0.4, -0.2) is 6.71 Å². The van der Waals surface area contributed by atoms with Gasteiger partial charge in [-0.1, -0.05) is 158 Å². The van der Waals surface area contributed by atoms with Gasteiger partial charge < -0.3 is 9.80 Å². The Bertz CT molecular complexity index is 4150. The van der Waals surface area contributed by atoms with E-state index >= 15 is 0 Å². The van der Waals surface area contributed by atoms with E-state index in [1.165, 1.54) is 136 Å². The van der Waals surface area contributed by atoms with Gasteiger partial charge in [0, 0.05) is 34.1 Å². The molecule has 0 spiro atoms. The molecule has 0 aliphatic carbocycles. The summed E-state index contributed by atoms with van der Waals surface area (Å²) in [5.74, 6) is 0. The smallest absolute Gasteiger partial charge is 0.253 e. The van der Waals surface area contributed by atoms with Gasteiger partial charge in [-0.2, -0.15) is 0 Å². The fourth-order valence-electron chi connectivity index (χ4n) is 12.6. The SMILES string of the molecule is c1ccc(N2c3cc(-c4ccc5cc6ccccc6cc5c4)cc4c3B(c3c2cc2ccc5cccc6ccc3c2c56)c2c(cc3ccc5cccc6ccc2c3c56)N4c2ccccc2)cc1. The number of hydrogen-bond acceptors (Lipinski definition) is 2. The molecule has 0 aromatic heterocycles.